The summed E-state index contributed by atoms with van der Waals surface area (Å²) >= 11 is 0. The van der Waals surface area contributed by atoms with Crippen molar-refractivity contribution in [1.29, 1.82) is 0 Å². The van der Waals surface area contributed by atoms with Crippen molar-refractivity contribution >= 4 is 11.7 Å². The molecule has 1 aromatic carbocycles. The number of piperidine rings is 1. The minimum Gasteiger partial charge on any atom is -0.371 e. The Balaban J connectivity index is 1.33. The number of halogens is 2. The van der Waals surface area contributed by atoms with Gasteiger partial charge in [0.1, 0.15) is 0 Å². The maximum Gasteiger partial charge on any atom is 0.314 e. The minimum absolute atomic E-state index is 0.128. The SMILES string of the molecule is C[C@@H](CNC(=O)NC[C@@H]1CCN(c2ccc(F)c(F)c2)C1)CN1CCCCC1. The Morgan fingerprint density at radius 2 is 1.93 bits per heavy atom. The third-order valence-corrected chi connectivity index (χ3v) is 5.74. The third kappa shape index (κ3) is 6.06. The van der Waals surface area contributed by atoms with Gasteiger partial charge >= 0.3 is 6.03 Å². The Morgan fingerprint density at radius 3 is 2.68 bits per heavy atom. The van der Waals surface area contributed by atoms with Gasteiger partial charge in [0.05, 0.1) is 0 Å². The van der Waals surface area contributed by atoms with Gasteiger partial charge in [-0.1, -0.05) is 13.3 Å². The van der Waals surface area contributed by atoms with Gasteiger partial charge in [0.2, 0.25) is 0 Å². The van der Waals surface area contributed by atoms with Gasteiger partial charge in [0.25, 0.3) is 0 Å². The molecule has 0 spiro atoms. The molecular weight excluding hydrogens is 362 g/mol. The van der Waals surface area contributed by atoms with E-state index in [4.69, 9.17) is 0 Å². The monoisotopic (exact) mass is 394 g/mol. The summed E-state index contributed by atoms with van der Waals surface area (Å²) in [6.07, 6.45) is 4.82. The van der Waals surface area contributed by atoms with E-state index in [0.717, 1.165) is 32.1 Å². The predicted octanol–water partition coefficient (Wildman–Crippen LogP) is 3.21. The summed E-state index contributed by atoms with van der Waals surface area (Å²) in [5.41, 5.74) is 0.692. The summed E-state index contributed by atoms with van der Waals surface area (Å²) < 4.78 is 26.5. The number of hydrogen-bond acceptors (Lipinski definition) is 3. The Hall–Kier alpha value is -1.89. The topological polar surface area (TPSA) is 47.6 Å². The molecule has 2 amide bonds. The van der Waals surface area contributed by atoms with Crippen LogP contribution in [0.2, 0.25) is 0 Å². The average molecular weight is 395 g/mol. The van der Waals surface area contributed by atoms with E-state index >= 15 is 0 Å². The molecule has 5 nitrogen and oxygen atoms in total. The molecule has 7 heteroatoms. The maximum atomic E-state index is 13.4. The van der Waals surface area contributed by atoms with Crippen LogP contribution in [-0.2, 0) is 0 Å². The zero-order valence-electron chi connectivity index (χ0n) is 16.7. The zero-order chi connectivity index (χ0) is 19.9. The van der Waals surface area contributed by atoms with Crippen LogP contribution in [0.5, 0.6) is 0 Å². The van der Waals surface area contributed by atoms with Crippen LogP contribution in [0, 0.1) is 23.5 Å². The molecule has 0 aromatic heterocycles. The lowest BCUT2D eigenvalue weighted by Gasteiger charge is -2.29. The highest BCUT2D eigenvalue weighted by atomic mass is 19.2. The molecule has 0 saturated carbocycles. The van der Waals surface area contributed by atoms with Crippen LogP contribution in [0.1, 0.15) is 32.6 Å². The molecular formula is C21H32F2N4O. The number of carbonyl (C=O) groups excluding carboxylic acids is 1. The van der Waals surface area contributed by atoms with Gasteiger partial charge in [-0.3, -0.25) is 0 Å². The van der Waals surface area contributed by atoms with Crippen molar-refractivity contribution in [2.75, 3.05) is 50.7 Å². The van der Waals surface area contributed by atoms with E-state index in [1.807, 2.05) is 4.90 Å². The lowest BCUT2D eigenvalue weighted by molar-refractivity contribution is 0.197. The average Bonchev–Trinajstić information content (AvgIpc) is 3.17. The van der Waals surface area contributed by atoms with Gasteiger partial charge in [-0.05, 0) is 56.3 Å². The largest absolute Gasteiger partial charge is 0.371 e. The lowest BCUT2D eigenvalue weighted by Crippen LogP contribution is -2.42. The van der Waals surface area contributed by atoms with Gasteiger partial charge in [0, 0.05) is 44.5 Å². The number of carbonyl (C=O) groups is 1. The van der Waals surface area contributed by atoms with E-state index in [2.05, 4.69) is 22.5 Å². The van der Waals surface area contributed by atoms with Gasteiger partial charge < -0.3 is 20.4 Å². The second-order valence-electron chi connectivity index (χ2n) is 8.26. The van der Waals surface area contributed by atoms with Gasteiger partial charge in [-0.2, -0.15) is 0 Å². The predicted molar refractivity (Wildman–Crippen MR) is 108 cm³/mol. The summed E-state index contributed by atoms with van der Waals surface area (Å²) in [6.45, 7) is 8.33. The first-order chi connectivity index (χ1) is 13.5. The summed E-state index contributed by atoms with van der Waals surface area (Å²) in [5, 5.41) is 5.92. The van der Waals surface area contributed by atoms with Crippen molar-refractivity contribution in [3.8, 4) is 0 Å². The van der Waals surface area contributed by atoms with E-state index in [-0.39, 0.29) is 6.03 Å². The number of amides is 2. The van der Waals surface area contributed by atoms with Crippen molar-refractivity contribution in [3.05, 3.63) is 29.8 Å². The molecule has 3 rings (SSSR count). The Morgan fingerprint density at radius 1 is 1.14 bits per heavy atom. The number of hydrogen-bond donors (Lipinski definition) is 2. The molecule has 156 valence electrons. The van der Waals surface area contributed by atoms with E-state index in [9.17, 15) is 13.6 Å². The maximum absolute atomic E-state index is 13.4. The molecule has 2 fully saturated rings. The highest BCUT2D eigenvalue weighted by molar-refractivity contribution is 5.73. The fourth-order valence-electron chi connectivity index (χ4n) is 4.13. The number of anilines is 1. The number of urea groups is 1. The molecule has 2 aliphatic rings. The van der Waals surface area contributed by atoms with Crippen LogP contribution in [0.15, 0.2) is 18.2 Å². The minimum atomic E-state index is -0.827. The lowest BCUT2D eigenvalue weighted by atomic mass is 10.1. The van der Waals surface area contributed by atoms with E-state index in [1.165, 1.54) is 38.4 Å². The van der Waals surface area contributed by atoms with Crippen molar-refractivity contribution in [2.45, 2.75) is 32.6 Å². The van der Waals surface area contributed by atoms with Crippen molar-refractivity contribution in [1.82, 2.24) is 15.5 Å². The highest BCUT2D eigenvalue weighted by Gasteiger charge is 2.24. The van der Waals surface area contributed by atoms with Crippen molar-refractivity contribution in [3.63, 3.8) is 0 Å². The standard InChI is InChI=1S/C21H32F2N4O/c1-16(14-26-8-3-2-4-9-26)12-24-21(28)25-13-17-7-10-27(15-17)18-5-6-19(22)20(23)11-18/h5-6,11,16-17H,2-4,7-10,12-15H2,1H3,(H2,24,25,28)/t16-,17-/m0/s1. The molecule has 1 aromatic rings. The quantitative estimate of drug-likeness (QED) is 0.747. The fraction of sp³-hybridized carbons (Fsp3) is 0.667. The second kappa shape index (κ2) is 10.0. The number of rotatable bonds is 7. The van der Waals surface area contributed by atoms with Crippen LogP contribution < -0.4 is 15.5 Å². The Labute approximate surface area is 166 Å². The van der Waals surface area contributed by atoms with Gasteiger partial charge in [0.15, 0.2) is 11.6 Å². The fourth-order valence-corrected chi connectivity index (χ4v) is 4.13. The smallest absolute Gasteiger partial charge is 0.314 e. The molecule has 0 unspecified atom stereocenters. The molecule has 0 bridgehead atoms. The normalized spacial score (nSPS) is 21.5. The van der Waals surface area contributed by atoms with Crippen LogP contribution in [0.3, 0.4) is 0 Å². The molecule has 28 heavy (non-hydrogen) atoms. The number of nitrogens with zero attached hydrogens (tertiary/aromatic N) is 2. The van der Waals surface area contributed by atoms with E-state index in [0.29, 0.717) is 30.6 Å². The summed E-state index contributed by atoms with van der Waals surface area (Å²) in [5.74, 6) is -0.909. The Kier molecular flexibility index (Phi) is 7.48. The molecule has 2 aliphatic heterocycles. The summed E-state index contributed by atoms with van der Waals surface area (Å²) in [4.78, 5) is 16.6. The number of benzene rings is 1. The Bertz CT molecular complexity index is 651. The molecule has 2 heterocycles. The molecule has 2 saturated heterocycles. The van der Waals surface area contributed by atoms with E-state index in [1.54, 1.807) is 6.07 Å². The highest BCUT2D eigenvalue weighted by Crippen LogP contribution is 2.25. The molecule has 2 atom stereocenters. The van der Waals surface area contributed by atoms with Gasteiger partial charge in [-0.15, -0.1) is 0 Å². The summed E-state index contributed by atoms with van der Waals surface area (Å²) in [6, 6.07) is 3.87. The first-order valence-corrected chi connectivity index (χ1v) is 10.5. The molecule has 0 radical (unpaired) electrons. The number of nitrogens with one attached hydrogen (secondary N) is 2. The van der Waals surface area contributed by atoms with Crippen LogP contribution in [0.25, 0.3) is 0 Å². The molecule has 0 aliphatic carbocycles. The first-order valence-electron chi connectivity index (χ1n) is 10.5. The molecule has 2 N–H and O–H groups in total. The van der Waals surface area contributed by atoms with E-state index < -0.39 is 11.6 Å². The zero-order valence-corrected chi connectivity index (χ0v) is 16.7. The second-order valence-corrected chi connectivity index (χ2v) is 8.26. The van der Waals surface area contributed by atoms with Crippen LogP contribution >= 0.6 is 0 Å². The summed E-state index contributed by atoms with van der Waals surface area (Å²) in [7, 11) is 0. The third-order valence-electron chi connectivity index (χ3n) is 5.74. The van der Waals surface area contributed by atoms with Crippen LogP contribution in [-0.4, -0.2) is 56.7 Å². The van der Waals surface area contributed by atoms with Crippen LogP contribution in [0.4, 0.5) is 19.3 Å². The van der Waals surface area contributed by atoms with Crippen molar-refractivity contribution in [2.24, 2.45) is 11.8 Å². The first kappa shape index (κ1) is 20.8. The number of likely N-dealkylation sites (tertiary alicyclic amines) is 1. The van der Waals surface area contributed by atoms with Gasteiger partial charge in [-0.25, -0.2) is 13.6 Å². The van der Waals surface area contributed by atoms with Crippen molar-refractivity contribution < 1.29 is 13.6 Å².